The van der Waals surface area contributed by atoms with Gasteiger partial charge in [-0.1, -0.05) is 0 Å². The summed E-state index contributed by atoms with van der Waals surface area (Å²) >= 11 is 0. The third kappa shape index (κ3) is 3.79. The van der Waals surface area contributed by atoms with Gasteiger partial charge in [-0.25, -0.2) is 17.9 Å². The molecule has 3 rings (SSSR count). The first kappa shape index (κ1) is 20.1. The smallest absolute Gasteiger partial charge is 0.340 e. The van der Waals surface area contributed by atoms with E-state index in [2.05, 4.69) is 14.7 Å². The minimum absolute atomic E-state index is 0.0390. The van der Waals surface area contributed by atoms with Crippen LogP contribution in [0.15, 0.2) is 34.1 Å². The number of fused-ring (bicyclic) bond motifs is 3. The van der Waals surface area contributed by atoms with Gasteiger partial charge >= 0.3 is 5.97 Å². The number of carbonyl (C=O) groups excluding carboxylic acids is 1. The average molecular weight is 406 g/mol. The van der Waals surface area contributed by atoms with Crippen LogP contribution in [0.2, 0.25) is 0 Å². The van der Waals surface area contributed by atoms with E-state index in [1.807, 2.05) is 0 Å². The minimum Gasteiger partial charge on any atom is -0.462 e. The van der Waals surface area contributed by atoms with Crippen molar-refractivity contribution in [3.63, 3.8) is 0 Å². The predicted molar refractivity (Wildman–Crippen MR) is 106 cm³/mol. The van der Waals surface area contributed by atoms with E-state index in [1.54, 1.807) is 6.92 Å². The quantitative estimate of drug-likeness (QED) is 0.326. The molecule has 10 heteroatoms. The fourth-order valence-corrected chi connectivity index (χ4v) is 4.10. The summed E-state index contributed by atoms with van der Waals surface area (Å²) in [5.41, 5.74) is 5.79. The molecule has 0 saturated carbocycles. The number of aromatic nitrogens is 2. The molecular weight excluding hydrogens is 384 g/mol. The molecule has 1 aromatic carbocycles. The number of pyridine rings is 1. The minimum atomic E-state index is -3.75. The van der Waals surface area contributed by atoms with Gasteiger partial charge in [-0.3, -0.25) is 4.79 Å². The van der Waals surface area contributed by atoms with Crippen LogP contribution in [0.3, 0.4) is 0 Å². The highest BCUT2D eigenvalue weighted by molar-refractivity contribution is 7.89. The molecule has 0 aliphatic rings. The number of aromatic amines is 2. The monoisotopic (exact) mass is 406 g/mol. The van der Waals surface area contributed by atoms with E-state index >= 15 is 0 Å². The van der Waals surface area contributed by atoms with E-state index in [-0.39, 0.29) is 29.1 Å². The molecule has 0 aliphatic carbocycles. The molecule has 0 radical (unpaired) electrons. The normalized spacial score (nSPS) is 11.9. The molecule has 150 valence electrons. The molecule has 5 N–H and O–H groups in total. The zero-order valence-corrected chi connectivity index (χ0v) is 16.2. The number of nitrogens with one attached hydrogen (secondary N) is 3. The third-order valence-electron chi connectivity index (χ3n) is 4.34. The van der Waals surface area contributed by atoms with Crippen LogP contribution in [0, 0.1) is 0 Å². The Kier molecular flexibility index (Phi) is 5.82. The molecule has 0 aliphatic heterocycles. The van der Waals surface area contributed by atoms with Crippen LogP contribution < -0.4 is 16.0 Å². The second-order valence-corrected chi connectivity index (χ2v) is 7.99. The number of hydrogen-bond donors (Lipinski definition) is 4. The molecular formula is C18H22N4O5S. The number of benzene rings is 1. The van der Waals surface area contributed by atoms with Crippen molar-refractivity contribution in [2.45, 2.75) is 24.7 Å². The number of hydrogen-bond acceptors (Lipinski definition) is 6. The van der Waals surface area contributed by atoms with Crippen molar-refractivity contribution >= 4 is 37.8 Å². The van der Waals surface area contributed by atoms with Gasteiger partial charge in [-0.15, -0.1) is 0 Å². The molecule has 28 heavy (non-hydrogen) atoms. The van der Waals surface area contributed by atoms with E-state index in [1.165, 1.54) is 24.4 Å². The van der Waals surface area contributed by atoms with E-state index in [9.17, 15) is 18.0 Å². The number of esters is 1. The summed E-state index contributed by atoms with van der Waals surface area (Å²) in [6.07, 6.45) is 2.74. The molecule has 2 aromatic heterocycles. The van der Waals surface area contributed by atoms with Crippen molar-refractivity contribution < 1.29 is 17.9 Å². The van der Waals surface area contributed by atoms with Crippen LogP contribution in [-0.4, -0.2) is 44.1 Å². The summed E-state index contributed by atoms with van der Waals surface area (Å²) in [6, 6.07) is 4.36. The first-order valence-electron chi connectivity index (χ1n) is 8.93. The zero-order valence-electron chi connectivity index (χ0n) is 15.4. The molecule has 0 bridgehead atoms. The molecule has 2 heterocycles. The van der Waals surface area contributed by atoms with Crippen molar-refractivity contribution in [2.24, 2.45) is 5.73 Å². The second-order valence-electron chi connectivity index (χ2n) is 6.23. The van der Waals surface area contributed by atoms with Gasteiger partial charge in [0.25, 0.3) is 5.56 Å². The number of sulfonamides is 1. The van der Waals surface area contributed by atoms with E-state index in [0.29, 0.717) is 35.7 Å². The second kappa shape index (κ2) is 8.13. The van der Waals surface area contributed by atoms with Gasteiger partial charge in [-0.05, 0) is 44.5 Å². The van der Waals surface area contributed by atoms with E-state index < -0.39 is 21.6 Å². The van der Waals surface area contributed by atoms with Crippen molar-refractivity contribution in [1.29, 1.82) is 0 Å². The third-order valence-corrected chi connectivity index (χ3v) is 5.80. The van der Waals surface area contributed by atoms with Crippen LogP contribution in [0.5, 0.6) is 0 Å². The Morgan fingerprint density at radius 2 is 2.07 bits per heavy atom. The number of carbonyl (C=O) groups is 1. The lowest BCUT2D eigenvalue weighted by Crippen LogP contribution is -2.25. The van der Waals surface area contributed by atoms with Gasteiger partial charge in [0.05, 0.1) is 17.1 Å². The van der Waals surface area contributed by atoms with Crippen LogP contribution in [0.1, 0.15) is 30.1 Å². The first-order chi connectivity index (χ1) is 13.4. The Hall–Kier alpha value is -2.69. The van der Waals surface area contributed by atoms with Gasteiger partial charge in [0.1, 0.15) is 5.52 Å². The lowest BCUT2D eigenvalue weighted by molar-refractivity contribution is 0.0529. The summed E-state index contributed by atoms with van der Waals surface area (Å²) < 4.78 is 32.8. The Bertz CT molecular complexity index is 1180. The number of unbranched alkanes of at least 4 members (excludes halogenated alkanes) is 1. The van der Waals surface area contributed by atoms with Gasteiger partial charge in [0, 0.05) is 29.0 Å². The summed E-state index contributed by atoms with van der Waals surface area (Å²) in [5, 5.41) is 0.765. The summed E-state index contributed by atoms with van der Waals surface area (Å²) in [6.45, 7) is 2.63. The van der Waals surface area contributed by atoms with Crippen molar-refractivity contribution in [1.82, 2.24) is 14.7 Å². The summed E-state index contributed by atoms with van der Waals surface area (Å²) in [5.74, 6) is -0.589. The number of ether oxygens (including phenoxy) is 1. The lowest BCUT2D eigenvalue weighted by Gasteiger charge is -2.09. The van der Waals surface area contributed by atoms with Gasteiger partial charge in [0.2, 0.25) is 10.0 Å². The molecule has 0 unspecified atom stereocenters. The predicted octanol–water partition coefficient (Wildman–Crippen LogP) is 1.20. The van der Waals surface area contributed by atoms with Crippen LogP contribution in [0.25, 0.3) is 21.8 Å². The highest BCUT2D eigenvalue weighted by Gasteiger charge is 2.20. The largest absolute Gasteiger partial charge is 0.462 e. The Balaban J connectivity index is 2.13. The topological polar surface area (TPSA) is 147 Å². The van der Waals surface area contributed by atoms with Crippen LogP contribution >= 0.6 is 0 Å². The van der Waals surface area contributed by atoms with Crippen LogP contribution in [-0.2, 0) is 14.8 Å². The van der Waals surface area contributed by atoms with Crippen LogP contribution in [0.4, 0.5) is 0 Å². The fraction of sp³-hybridized carbons (Fsp3) is 0.333. The maximum absolute atomic E-state index is 12.6. The zero-order chi connectivity index (χ0) is 20.3. The van der Waals surface area contributed by atoms with Gasteiger partial charge in [-0.2, -0.15) is 0 Å². The lowest BCUT2D eigenvalue weighted by atomic mass is 10.1. The summed E-state index contributed by atoms with van der Waals surface area (Å²) in [4.78, 5) is 30.1. The standard InChI is InChI=1S/C18H22N4O5S/c1-2-27-18(24)13-10-20-16-15(13)12-9-11(5-6-14(12)22-17(16)23)28(25,26)21-8-4-3-7-19/h5-6,9-10,20-21H,2-4,7-8,19H2,1H3,(H,22,23). The SMILES string of the molecule is CCOC(=O)c1c[nH]c2c(=O)[nH]c3ccc(S(=O)(=O)NCCCCN)cc3c12. The molecule has 0 amide bonds. The van der Waals surface area contributed by atoms with E-state index in [4.69, 9.17) is 10.5 Å². The van der Waals surface area contributed by atoms with E-state index in [0.717, 1.165) is 0 Å². The molecule has 0 fully saturated rings. The van der Waals surface area contributed by atoms with Crippen molar-refractivity contribution in [2.75, 3.05) is 19.7 Å². The van der Waals surface area contributed by atoms with Gasteiger partial charge in [0.15, 0.2) is 0 Å². The maximum atomic E-state index is 12.6. The number of nitrogens with two attached hydrogens (primary N) is 1. The highest BCUT2D eigenvalue weighted by atomic mass is 32.2. The average Bonchev–Trinajstić information content (AvgIpc) is 3.11. The highest BCUT2D eigenvalue weighted by Crippen LogP contribution is 2.27. The molecule has 3 aromatic rings. The Morgan fingerprint density at radius 1 is 1.29 bits per heavy atom. The first-order valence-corrected chi connectivity index (χ1v) is 10.4. The molecule has 9 nitrogen and oxygen atoms in total. The Morgan fingerprint density at radius 3 is 2.79 bits per heavy atom. The number of H-pyrrole nitrogens is 2. The summed E-state index contributed by atoms with van der Waals surface area (Å²) in [7, 11) is -3.75. The Labute approximate surface area is 161 Å². The molecule has 0 saturated heterocycles. The molecule has 0 atom stereocenters. The number of rotatable bonds is 8. The fourth-order valence-electron chi connectivity index (χ4n) is 3.00. The van der Waals surface area contributed by atoms with Gasteiger partial charge < -0.3 is 20.4 Å². The maximum Gasteiger partial charge on any atom is 0.340 e. The van der Waals surface area contributed by atoms with Crippen molar-refractivity contribution in [3.05, 3.63) is 40.3 Å². The van der Waals surface area contributed by atoms with Crippen molar-refractivity contribution in [3.8, 4) is 0 Å². The molecule has 0 spiro atoms.